The van der Waals surface area contributed by atoms with Gasteiger partial charge in [0.05, 0.1) is 11.9 Å². The first-order valence-electron chi connectivity index (χ1n) is 8.63. The average molecular weight is 375 g/mol. The van der Waals surface area contributed by atoms with Crippen LogP contribution in [0, 0.1) is 0 Å². The average Bonchev–Trinajstić information content (AvgIpc) is 2.60. The molecule has 0 saturated heterocycles. The van der Waals surface area contributed by atoms with Gasteiger partial charge in [0.1, 0.15) is 9.84 Å². The Morgan fingerprint density at radius 3 is 2.35 bits per heavy atom. The van der Waals surface area contributed by atoms with Crippen LogP contribution >= 0.6 is 0 Å². The van der Waals surface area contributed by atoms with Crippen molar-refractivity contribution in [3.05, 3.63) is 65.7 Å². The minimum Gasteiger partial charge on any atom is -0.388 e. The number of amides is 1. The van der Waals surface area contributed by atoms with E-state index in [4.69, 9.17) is 0 Å². The lowest BCUT2D eigenvalue weighted by Gasteiger charge is -2.11. The molecule has 0 aromatic heterocycles. The van der Waals surface area contributed by atoms with E-state index in [1.807, 2.05) is 54.6 Å². The molecule has 0 heterocycles. The first-order chi connectivity index (χ1) is 12.3. The van der Waals surface area contributed by atoms with Gasteiger partial charge in [0, 0.05) is 18.4 Å². The van der Waals surface area contributed by atoms with Crippen molar-refractivity contribution in [2.75, 3.05) is 17.3 Å². The molecule has 140 valence electrons. The summed E-state index contributed by atoms with van der Waals surface area (Å²) in [7, 11) is -3.03. The summed E-state index contributed by atoms with van der Waals surface area (Å²) in [5.74, 6) is -0.177. The SMILES string of the molecule is CS(=O)(=O)CCCC(=O)Nc1ccc(CC[C@@H](O)c2ccccc2)cc1. The van der Waals surface area contributed by atoms with E-state index in [1.165, 1.54) is 6.26 Å². The summed E-state index contributed by atoms with van der Waals surface area (Å²) in [6.07, 6.45) is 2.53. The van der Waals surface area contributed by atoms with Gasteiger partial charge < -0.3 is 10.4 Å². The third-order valence-corrected chi connectivity index (χ3v) is 5.08. The predicted molar refractivity (Wildman–Crippen MR) is 104 cm³/mol. The van der Waals surface area contributed by atoms with Gasteiger partial charge in [-0.3, -0.25) is 4.79 Å². The third-order valence-electron chi connectivity index (χ3n) is 4.05. The molecule has 0 unspecified atom stereocenters. The van der Waals surface area contributed by atoms with E-state index in [2.05, 4.69) is 5.32 Å². The second-order valence-corrected chi connectivity index (χ2v) is 8.70. The number of nitrogens with one attached hydrogen (secondary N) is 1. The van der Waals surface area contributed by atoms with Crippen LogP contribution in [-0.4, -0.2) is 31.4 Å². The molecule has 0 spiro atoms. The van der Waals surface area contributed by atoms with Crippen molar-refractivity contribution >= 4 is 21.4 Å². The number of aliphatic hydroxyl groups is 1. The van der Waals surface area contributed by atoms with Crippen LogP contribution in [0.2, 0.25) is 0 Å². The summed E-state index contributed by atoms with van der Waals surface area (Å²) >= 11 is 0. The summed E-state index contributed by atoms with van der Waals surface area (Å²) in [5.41, 5.74) is 2.67. The van der Waals surface area contributed by atoms with E-state index >= 15 is 0 Å². The molecule has 2 rings (SSSR count). The Morgan fingerprint density at radius 1 is 1.08 bits per heavy atom. The molecule has 6 heteroatoms. The fraction of sp³-hybridized carbons (Fsp3) is 0.350. The monoisotopic (exact) mass is 375 g/mol. The third kappa shape index (κ3) is 7.37. The number of aryl methyl sites for hydroxylation is 1. The molecule has 0 aliphatic carbocycles. The second-order valence-electron chi connectivity index (χ2n) is 6.44. The van der Waals surface area contributed by atoms with Crippen LogP contribution < -0.4 is 5.32 Å². The molecule has 2 aromatic rings. The molecule has 5 nitrogen and oxygen atoms in total. The molecule has 1 atom stereocenters. The molecule has 0 aliphatic rings. The highest BCUT2D eigenvalue weighted by molar-refractivity contribution is 7.90. The van der Waals surface area contributed by atoms with Crippen molar-refractivity contribution < 1.29 is 18.3 Å². The normalized spacial score (nSPS) is 12.5. The molecule has 26 heavy (non-hydrogen) atoms. The summed E-state index contributed by atoms with van der Waals surface area (Å²) in [4.78, 5) is 11.8. The van der Waals surface area contributed by atoms with Crippen LogP contribution in [0.4, 0.5) is 5.69 Å². The smallest absolute Gasteiger partial charge is 0.224 e. The van der Waals surface area contributed by atoms with Crippen LogP contribution in [0.1, 0.15) is 36.5 Å². The van der Waals surface area contributed by atoms with Crippen LogP contribution in [0.25, 0.3) is 0 Å². The van der Waals surface area contributed by atoms with Gasteiger partial charge in [-0.15, -0.1) is 0 Å². The Morgan fingerprint density at radius 2 is 1.73 bits per heavy atom. The number of carbonyl (C=O) groups is 1. The van der Waals surface area contributed by atoms with Gasteiger partial charge in [-0.25, -0.2) is 8.42 Å². The highest BCUT2D eigenvalue weighted by Crippen LogP contribution is 2.19. The fourth-order valence-corrected chi connectivity index (χ4v) is 3.29. The van der Waals surface area contributed by atoms with Gasteiger partial charge in [0.25, 0.3) is 0 Å². The number of aliphatic hydroxyl groups excluding tert-OH is 1. The van der Waals surface area contributed by atoms with Crippen molar-refractivity contribution in [1.29, 1.82) is 0 Å². The number of hydrogen-bond acceptors (Lipinski definition) is 4. The Balaban J connectivity index is 1.78. The zero-order chi connectivity index (χ0) is 19.0. The molecule has 0 saturated carbocycles. The van der Waals surface area contributed by atoms with Gasteiger partial charge in [0.15, 0.2) is 0 Å². The summed E-state index contributed by atoms with van der Waals surface area (Å²) in [6, 6.07) is 17.0. The van der Waals surface area contributed by atoms with Crippen molar-refractivity contribution in [2.24, 2.45) is 0 Å². The lowest BCUT2D eigenvalue weighted by Crippen LogP contribution is -2.13. The Hall–Kier alpha value is -2.18. The lowest BCUT2D eigenvalue weighted by atomic mass is 10.0. The summed E-state index contributed by atoms with van der Waals surface area (Å²) in [5, 5.41) is 13.0. The van der Waals surface area contributed by atoms with E-state index in [-0.39, 0.29) is 18.1 Å². The zero-order valence-corrected chi connectivity index (χ0v) is 15.7. The van der Waals surface area contributed by atoms with Crippen molar-refractivity contribution in [1.82, 2.24) is 0 Å². The maximum Gasteiger partial charge on any atom is 0.224 e. The Kier molecular flexibility index (Phi) is 7.36. The van der Waals surface area contributed by atoms with Crippen LogP contribution in [0.15, 0.2) is 54.6 Å². The van der Waals surface area contributed by atoms with Crippen molar-refractivity contribution in [2.45, 2.75) is 31.8 Å². The lowest BCUT2D eigenvalue weighted by molar-refractivity contribution is -0.116. The van der Waals surface area contributed by atoms with Gasteiger partial charge >= 0.3 is 0 Å². The topological polar surface area (TPSA) is 83.5 Å². The number of rotatable bonds is 9. The van der Waals surface area contributed by atoms with E-state index < -0.39 is 15.9 Å². The second kappa shape index (κ2) is 9.50. The molecule has 0 aliphatic heterocycles. The molecule has 1 amide bonds. The van der Waals surface area contributed by atoms with Crippen molar-refractivity contribution in [3.8, 4) is 0 Å². The Bertz CT molecular complexity index is 801. The molecule has 2 N–H and O–H groups in total. The van der Waals surface area contributed by atoms with Crippen molar-refractivity contribution in [3.63, 3.8) is 0 Å². The standard InChI is InChI=1S/C20H25NO4S/c1-26(24,25)15-5-8-20(23)21-18-12-9-16(10-13-18)11-14-19(22)17-6-3-2-4-7-17/h2-4,6-7,9-10,12-13,19,22H,5,8,11,14-15H2,1H3,(H,21,23)/t19-/m1/s1. The van der Waals surface area contributed by atoms with E-state index in [9.17, 15) is 18.3 Å². The summed E-state index contributed by atoms with van der Waals surface area (Å²) in [6.45, 7) is 0. The molecule has 2 aromatic carbocycles. The van der Waals surface area contributed by atoms with Gasteiger partial charge in [-0.1, -0.05) is 42.5 Å². The molecular weight excluding hydrogens is 350 g/mol. The largest absolute Gasteiger partial charge is 0.388 e. The number of anilines is 1. The van der Waals surface area contributed by atoms with E-state index in [0.29, 0.717) is 18.5 Å². The molecular formula is C20H25NO4S. The van der Waals surface area contributed by atoms with E-state index in [1.54, 1.807) is 0 Å². The quantitative estimate of drug-likeness (QED) is 0.705. The fourth-order valence-electron chi connectivity index (χ4n) is 2.62. The minimum atomic E-state index is -3.03. The maximum atomic E-state index is 11.8. The highest BCUT2D eigenvalue weighted by atomic mass is 32.2. The first kappa shape index (κ1) is 20.1. The zero-order valence-electron chi connectivity index (χ0n) is 14.9. The summed E-state index contributed by atoms with van der Waals surface area (Å²) < 4.78 is 22.1. The maximum absolute atomic E-state index is 11.8. The van der Waals surface area contributed by atoms with Crippen LogP contribution in [0.5, 0.6) is 0 Å². The molecule has 0 bridgehead atoms. The van der Waals surface area contributed by atoms with Gasteiger partial charge in [0.2, 0.25) is 5.91 Å². The predicted octanol–water partition coefficient (Wildman–Crippen LogP) is 3.12. The van der Waals surface area contributed by atoms with Gasteiger partial charge in [-0.05, 0) is 42.5 Å². The molecule has 0 radical (unpaired) electrons. The minimum absolute atomic E-state index is 0.0170. The van der Waals surface area contributed by atoms with Crippen LogP contribution in [-0.2, 0) is 21.1 Å². The Labute approximate surface area is 155 Å². The number of benzene rings is 2. The molecule has 0 fully saturated rings. The number of carbonyl (C=O) groups excluding carboxylic acids is 1. The first-order valence-corrected chi connectivity index (χ1v) is 10.7. The number of hydrogen-bond donors (Lipinski definition) is 2. The number of sulfone groups is 1. The van der Waals surface area contributed by atoms with Crippen LogP contribution in [0.3, 0.4) is 0 Å². The highest BCUT2D eigenvalue weighted by Gasteiger charge is 2.08. The van der Waals surface area contributed by atoms with E-state index in [0.717, 1.165) is 17.5 Å². The van der Waals surface area contributed by atoms with Gasteiger partial charge in [-0.2, -0.15) is 0 Å².